The van der Waals surface area contributed by atoms with Crippen molar-refractivity contribution in [1.29, 1.82) is 0 Å². The van der Waals surface area contributed by atoms with Gasteiger partial charge >= 0.3 is 0 Å². The molecule has 0 spiro atoms. The Morgan fingerprint density at radius 2 is 1.56 bits per heavy atom. The summed E-state index contributed by atoms with van der Waals surface area (Å²) in [4.78, 5) is 20.4. The first-order valence-electron chi connectivity index (χ1n) is 12.9. The number of nitrogens with zero attached hydrogens (tertiary/aromatic N) is 2. The number of hydrogen-bond donors (Lipinski definition) is 2. The Labute approximate surface area is 213 Å². The van der Waals surface area contributed by atoms with Crippen molar-refractivity contribution < 1.29 is 9.53 Å². The molecule has 1 amide bonds. The van der Waals surface area contributed by atoms with E-state index in [1.807, 2.05) is 66.7 Å². The van der Waals surface area contributed by atoms with Gasteiger partial charge in [0.05, 0.1) is 6.61 Å². The summed E-state index contributed by atoms with van der Waals surface area (Å²) in [6, 6.07) is 28.0. The second-order valence-corrected chi connectivity index (χ2v) is 9.48. The maximum absolute atomic E-state index is 13.3. The average molecular weight is 483 g/mol. The third kappa shape index (κ3) is 5.44. The number of carbonyl (C=O) groups is 1. The van der Waals surface area contributed by atoms with Crippen molar-refractivity contribution in [3.05, 3.63) is 102 Å². The molecule has 36 heavy (non-hydrogen) atoms. The monoisotopic (exact) mass is 482 g/mol. The predicted octanol–water partition coefficient (Wildman–Crippen LogP) is 4.46. The molecule has 2 heterocycles. The second kappa shape index (κ2) is 11.4. The van der Waals surface area contributed by atoms with E-state index in [4.69, 9.17) is 4.74 Å². The Hall–Kier alpha value is -3.64. The smallest absolute Gasteiger partial charge is 0.261 e. The molecule has 6 nitrogen and oxygen atoms in total. The van der Waals surface area contributed by atoms with E-state index >= 15 is 0 Å². The summed E-state index contributed by atoms with van der Waals surface area (Å²) in [5, 5.41) is 6.34. The van der Waals surface area contributed by atoms with Crippen LogP contribution < -0.4 is 15.4 Å². The van der Waals surface area contributed by atoms with Gasteiger partial charge in [-0.25, -0.2) is 0 Å². The molecule has 0 radical (unpaired) electrons. The van der Waals surface area contributed by atoms with Gasteiger partial charge in [0.25, 0.3) is 5.91 Å². The number of aliphatic imine (C=N–C) groups is 1. The molecule has 0 aliphatic carbocycles. The number of guanidine groups is 1. The summed E-state index contributed by atoms with van der Waals surface area (Å²) in [5.41, 5.74) is 2.07. The Kier molecular flexibility index (Phi) is 7.62. The topological polar surface area (TPSA) is 66.0 Å². The van der Waals surface area contributed by atoms with Crippen LogP contribution in [0, 0.1) is 0 Å². The molecule has 2 fully saturated rings. The summed E-state index contributed by atoms with van der Waals surface area (Å²) in [7, 11) is 0. The minimum Gasteiger partial charge on any atom is -0.494 e. The van der Waals surface area contributed by atoms with Crippen molar-refractivity contribution in [2.45, 2.75) is 37.8 Å². The zero-order valence-corrected chi connectivity index (χ0v) is 20.7. The molecule has 0 unspecified atom stereocenters. The summed E-state index contributed by atoms with van der Waals surface area (Å²) < 4.78 is 6.01. The fraction of sp³-hybridized carbons (Fsp3) is 0.333. The van der Waals surface area contributed by atoms with Crippen LogP contribution in [-0.4, -0.2) is 43.0 Å². The van der Waals surface area contributed by atoms with E-state index in [-0.39, 0.29) is 5.91 Å². The molecule has 0 saturated carbocycles. The van der Waals surface area contributed by atoms with Gasteiger partial charge in [-0.05, 0) is 54.8 Å². The highest BCUT2D eigenvalue weighted by atomic mass is 16.5. The van der Waals surface area contributed by atoms with E-state index in [9.17, 15) is 4.79 Å². The molecular weight excluding hydrogens is 448 g/mol. The summed E-state index contributed by atoms with van der Waals surface area (Å²) >= 11 is 0. The molecule has 2 saturated heterocycles. The molecule has 2 N–H and O–H groups in total. The SMILES string of the molecule is O=C1NC(=NCCCOc2cccc(CN3CCCCC3)c2)NC1(c1ccccc1)c1ccccc1. The predicted molar refractivity (Wildman–Crippen MR) is 143 cm³/mol. The summed E-state index contributed by atoms with van der Waals surface area (Å²) in [6.45, 7) is 4.48. The first-order chi connectivity index (χ1) is 17.7. The van der Waals surface area contributed by atoms with Crippen molar-refractivity contribution in [1.82, 2.24) is 15.5 Å². The van der Waals surface area contributed by atoms with Gasteiger partial charge in [-0.1, -0.05) is 79.2 Å². The largest absolute Gasteiger partial charge is 0.494 e. The van der Waals surface area contributed by atoms with Crippen molar-refractivity contribution in [2.24, 2.45) is 4.99 Å². The van der Waals surface area contributed by atoms with Gasteiger partial charge in [0.2, 0.25) is 0 Å². The lowest BCUT2D eigenvalue weighted by Crippen LogP contribution is -2.45. The minimum absolute atomic E-state index is 0.125. The standard InChI is InChI=1S/C30H34N4O2/c35-28-30(25-13-4-1-5-14-25,26-15-6-2-7-16-26)33-29(32-28)31-18-11-21-36-27-17-10-12-24(22-27)23-34-19-8-3-9-20-34/h1-2,4-7,10,12-17,22H,3,8-9,11,18-21,23H2,(H2,31,32,33,35). The number of amides is 1. The molecule has 3 aromatic carbocycles. The molecule has 0 atom stereocenters. The Balaban J connectivity index is 1.18. The Bertz CT molecular complexity index is 1130. The number of rotatable bonds is 9. The second-order valence-electron chi connectivity index (χ2n) is 9.48. The van der Waals surface area contributed by atoms with Crippen LogP contribution >= 0.6 is 0 Å². The molecule has 6 heteroatoms. The maximum Gasteiger partial charge on any atom is 0.261 e. The molecule has 2 aliphatic heterocycles. The molecule has 2 aliphatic rings. The number of carbonyl (C=O) groups excluding carboxylic acids is 1. The van der Waals surface area contributed by atoms with Crippen LogP contribution in [0.4, 0.5) is 0 Å². The summed E-state index contributed by atoms with van der Waals surface area (Å²) in [6.07, 6.45) is 4.70. The van der Waals surface area contributed by atoms with Gasteiger partial charge in [-0.2, -0.15) is 0 Å². The zero-order valence-electron chi connectivity index (χ0n) is 20.7. The quantitative estimate of drug-likeness (QED) is 0.442. The highest BCUT2D eigenvalue weighted by Gasteiger charge is 2.48. The zero-order chi connectivity index (χ0) is 24.6. The molecule has 3 aromatic rings. The number of likely N-dealkylation sites (tertiary alicyclic amines) is 1. The lowest BCUT2D eigenvalue weighted by molar-refractivity contribution is -0.122. The minimum atomic E-state index is -0.993. The normalized spacial score (nSPS) is 18.6. The fourth-order valence-electron chi connectivity index (χ4n) is 5.05. The van der Waals surface area contributed by atoms with E-state index < -0.39 is 5.54 Å². The van der Waals surface area contributed by atoms with E-state index in [1.54, 1.807) is 0 Å². The third-order valence-corrected chi connectivity index (χ3v) is 6.89. The van der Waals surface area contributed by atoms with Gasteiger partial charge in [-0.3, -0.25) is 20.0 Å². The van der Waals surface area contributed by atoms with Gasteiger partial charge in [0.1, 0.15) is 5.75 Å². The van der Waals surface area contributed by atoms with Crippen molar-refractivity contribution in [3.63, 3.8) is 0 Å². The molecule has 0 aromatic heterocycles. The lowest BCUT2D eigenvalue weighted by atomic mass is 9.83. The maximum atomic E-state index is 13.3. The van der Waals surface area contributed by atoms with Gasteiger partial charge in [0.15, 0.2) is 11.5 Å². The van der Waals surface area contributed by atoms with E-state index in [1.165, 1.54) is 37.9 Å². The van der Waals surface area contributed by atoms with Crippen LogP contribution in [0.25, 0.3) is 0 Å². The van der Waals surface area contributed by atoms with E-state index in [0.29, 0.717) is 19.1 Å². The van der Waals surface area contributed by atoms with Gasteiger partial charge in [0, 0.05) is 19.5 Å². The van der Waals surface area contributed by atoms with E-state index in [2.05, 4.69) is 38.7 Å². The summed E-state index contributed by atoms with van der Waals surface area (Å²) in [5.74, 6) is 1.27. The van der Waals surface area contributed by atoms with Crippen molar-refractivity contribution in [3.8, 4) is 5.75 Å². The fourth-order valence-corrected chi connectivity index (χ4v) is 5.05. The number of nitrogens with one attached hydrogen (secondary N) is 2. The van der Waals surface area contributed by atoms with Crippen LogP contribution in [0.15, 0.2) is 89.9 Å². The van der Waals surface area contributed by atoms with Gasteiger partial charge < -0.3 is 10.1 Å². The van der Waals surface area contributed by atoms with E-state index in [0.717, 1.165) is 29.8 Å². The van der Waals surface area contributed by atoms with Crippen molar-refractivity contribution >= 4 is 11.9 Å². The van der Waals surface area contributed by atoms with Gasteiger partial charge in [-0.15, -0.1) is 0 Å². The van der Waals surface area contributed by atoms with Crippen LogP contribution in [0.3, 0.4) is 0 Å². The molecule has 0 bridgehead atoms. The third-order valence-electron chi connectivity index (χ3n) is 6.89. The average Bonchev–Trinajstić information content (AvgIpc) is 3.27. The van der Waals surface area contributed by atoms with Crippen LogP contribution in [0.5, 0.6) is 5.75 Å². The lowest BCUT2D eigenvalue weighted by Gasteiger charge is -2.27. The van der Waals surface area contributed by atoms with Crippen LogP contribution in [0.1, 0.15) is 42.4 Å². The van der Waals surface area contributed by atoms with Crippen LogP contribution in [-0.2, 0) is 16.9 Å². The first-order valence-corrected chi connectivity index (χ1v) is 12.9. The molecular formula is C30H34N4O2. The number of piperidine rings is 1. The number of hydrogen-bond acceptors (Lipinski definition) is 4. The molecule has 186 valence electrons. The number of benzene rings is 3. The highest BCUT2D eigenvalue weighted by Crippen LogP contribution is 2.32. The Morgan fingerprint density at radius 1 is 0.861 bits per heavy atom. The highest BCUT2D eigenvalue weighted by molar-refractivity contribution is 6.11. The first kappa shape index (κ1) is 24.1. The molecule has 5 rings (SSSR count). The number of ether oxygens (including phenoxy) is 1. The van der Waals surface area contributed by atoms with Crippen LogP contribution in [0.2, 0.25) is 0 Å². The van der Waals surface area contributed by atoms with Crippen molar-refractivity contribution in [2.75, 3.05) is 26.2 Å². The Morgan fingerprint density at radius 3 is 2.25 bits per heavy atom.